The molecule has 0 spiro atoms. The summed E-state index contributed by atoms with van der Waals surface area (Å²) in [6.07, 6.45) is 0. The van der Waals surface area contributed by atoms with Gasteiger partial charge in [-0.25, -0.2) is 9.48 Å². The van der Waals surface area contributed by atoms with E-state index in [1.807, 2.05) is 91.0 Å². The average Bonchev–Trinajstić information content (AvgIpc) is 3.17. The maximum atomic E-state index is 13.0. The molecule has 4 nitrogen and oxygen atoms in total. The van der Waals surface area contributed by atoms with Gasteiger partial charge >= 0.3 is 5.97 Å². The van der Waals surface area contributed by atoms with Crippen LogP contribution >= 0.6 is 0 Å². The summed E-state index contributed by atoms with van der Waals surface area (Å²) in [7, 11) is 0. The lowest BCUT2D eigenvalue weighted by Gasteiger charge is -2.09. The first-order chi connectivity index (χ1) is 13.8. The van der Waals surface area contributed by atoms with Crippen LogP contribution in [0.1, 0.15) is 17.4 Å². The Morgan fingerprint density at radius 2 is 1.36 bits per heavy atom. The van der Waals surface area contributed by atoms with Gasteiger partial charge in [0.15, 0.2) is 5.69 Å². The van der Waals surface area contributed by atoms with Gasteiger partial charge in [0.2, 0.25) is 0 Å². The molecule has 28 heavy (non-hydrogen) atoms. The van der Waals surface area contributed by atoms with Gasteiger partial charge in [-0.1, -0.05) is 78.9 Å². The summed E-state index contributed by atoms with van der Waals surface area (Å²) in [5, 5.41) is 4.85. The highest BCUT2D eigenvalue weighted by Gasteiger charge is 2.27. The second kappa shape index (κ2) is 7.92. The van der Waals surface area contributed by atoms with Crippen molar-refractivity contribution in [2.24, 2.45) is 0 Å². The largest absolute Gasteiger partial charge is 0.461 e. The molecule has 3 aromatic carbocycles. The van der Waals surface area contributed by atoms with Gasteiger partial charge < -0.3 is 4.74 Å². The molecule has 4 rings (SSSR count). The molecule has 1 aromatic heterocycles. The van der Waals surface area contributed by atoms with Crippen molar-refractivity contribution in [1.82, 2.24) is 9.78 Å². The number of ether oxygens (including phenoxy) is 1. The summed E-state index contributed by atoms with van der Waals surface area (Å²) in [4.78, 5) is 13.0. The van der Waals surface area contributed by atoms with E-state index >= 15 is 0 Å². The lowest BCUT2D eigenvalue weighted by molar-refractivity contribution is 0.0516. The first-order valence-electron chi connectivity index (χ1n) is 9.26. The highest BCUT2D eigenvalue weighted by molar-refractivity contribution is 6.00. The zero-order chi connectivity index (χ0) is 19.3. The molecule has 0 amide bonds. The third-order valence-electron chi connectivity index (χ3n) is 4.46. The molecular formula is C24H20N2O2. The average molecular weight is 368 g/mol. The van der Waals surface area contributed by atoms with Crippen molar-refractivity contribution in [2.45, 2.75) is 6.92 Å². The normalized spacial score (nSPS) is 10.6. The van der Waals surface area contributed by atoms with E-state index in [4.69, 9.17) is 9.84 Å². The topological polar surface area (TPSA) is 44.1 Å². The van der Waals surface area contributed by atoms with Gasteiger partial charge in [0, 0.05) is 11.1 Å². The molecule has 0 N–H and O–H groups in total. The van der Waals surface area contributed by atoms with Crippen LogP contribution in [0, 0.1) is 0 Å². The molecule has 0 aliphatic carbocycles. The molecule has 0 saturated carbocycles. The Morgan fingerprint density at radius 3 is 1.93 bits per heavy atom. The minimum Gasteiger partial charge on any atom is -0.461 e. The Hall–Kier alpha value is -3.66. The number of esters is 1. The first kappa shape index (κ1) is 17.7. The van der Waals surface area contributed by atoms with E-state index in [1.165, 1.54) is 0 Å². The predicted molar refractivity (Wildman–Crippen MR) is 110 cm³/mol. The fourth-order valence-corrected chi connectivity index (χ4v) is 3.24. The standard InChI is InChI=1S/C24H20N2O2/c1-2-28-24(27)23-21(18-12-6-3-7-13-18)22(19-14-8-4-9-15-19)25-26(23)20-16-10-5-11-17-20/h3-17H,2H2,1H3. The maximum Gasteiger partial charge on any atom is 0.357 e. The van der Waals surface area contributed by atoms with Crippen LogP contribution in [-0.4, -0.2) is 22.4 Å². The number of rotatable bonds is 5. The fourth-order valence-electron chi connectivity index (χ4n) is 3.24. The fraction of sp³-hybridized carbons (Fsp3) is 0.0833. The highest BCUT2D eigenvalue weighted by atomic mass is 16.5. The van der Waals surface area contributed by atoms with Gasteiger partial charge in [-0.15, -0.1) is 0 Å². The molecule has 0 bridgehead atoms. The summed E-state index contributed by atoms with van der Waals surface area (Å²) >= 11 is 0. The smallest absolute Gasteiger partial charge is 0.357 e. The molecule has 0 atom stereocenters. The van der Waals surface area contributed by atoms with E-state index in [2.05, 4.69) is 0 Å². The SMILES string of the molecule is CCOC(=O)c1c(-c2ccccc2)c(-c2ccccc2)nn1-c1ccccc1. The minimum atomic E-state index is -0.389. The number of hydrogen-bond donors (Lipinski definition) is 0. The Morgan fingerprint density at radius 1 is 0.821 bits per heavy atom. The molecule has 0 radical (unpaired) electrons. The van der Waals surface area contributed by atoms with E-state index in [-0.39, 0.29) is 5.97 Å². The van der Waals surface area contributed by atoms with Gasteiger partial charge in [0.25, 0.3) is 0 Å². The van der Waals surface area contributed by atoms with Crippen molar-refractivity contribution in [1.29, 1.82) is 0 Å². The summed E-state index contributed by atoms with van der Waals surface area (Å²) in [5.41, 5.74) is 4.63. The second-order valence-corrected chi connectivity index (χ2v) is 6.27. The van der Waals surface area contributed by atoms with Crippen molar-refractivity contribution in [3.63, 3.8) is 0 Å². The molecule has 0 saturated heterocycles. The van der Waals surface area contributed by atoms with Gasteiger partial charge in [0.1, 0.15) is 5.69 Å². The van der Waals surface area contributed by atoms with Crippen LogP contribution in [0.15, 0.2) is 91.0 Å². The van der Waals surface area contributed by atoms with Crippen molar-refractivity contribution in [3.05, 3.63) is 96.7 Å². The number of benzene rings is 3. The van der Waals surface area contributed by atoms with Crippen molar-refractivity contribution in [2.75, 3.05) is 6.61 Å². The molecular weight excluding hydrogens is 348 g/mol. The van der Waals surface area contributed by atoms with Crippen molar-refractivity contribution >= 4 is 5.97 Å². The molecule has 0 aliphatic heterocycles. The highest BCUT2D eigenvalue weighted by Crippen LogP contribution is 2.36. The Kier molecular flexibility index (Phi) is 5.02. The molecule has 0 unspecified atom stereocenters. The first-order valence-corrected chi connectivity index (χ1v) is 9.26. The monoisotopic (exact) mass is 368 g/mol. The number of aromatic nitrogens is 2. The Labute approximate surface area is 164 Å². The lowest BCUT2D eigenvalue weighted by atomic mass is 9.99. The van der Waals surface area contributed by atoms with Gasteiger partial charge in [0.05, 0.1) is 12.3 Å². The van der Waals surface area contributed by atoms with E-state index in [1.54, 1.807) is 11.6 Å². The quantitative estimate of drug-likeness (QED) is 0.444. The Bertz CT molecular complexity index is 1070. The van der Waals surface area contributed by atoms with Crippen molar-refractivity contribution < 1.29 is 9.53 Å². The Balaban J connectivity index is 2.05. The molecule has 0 aliphatic rings. The molecule has 0 fully saturated rings. The van der Waals surface area contributed by atoms with Gasteiger partial charge in [-0.2, -0.15) is 5.10 Å². The zero-order valence-electron chi connectivity index (χ0n) is 15.6. The number of hydrogen-bond acceptors (Lipinski definition) is 3. The van der Waals surface area contributed by atoms with Crippen LogP contribution in [0.25, 0.3) is 28.1 Å². The summed E-state index contributed by atoms with van der Waals surface area (Å²) in [5.74, 6) is -0.389. The number of para-hydroxylation sites is 1. The molecule has 138 valence electrons. The third kappa shape index (κ3) is 3.32. The summed E-state index contributed by atoms with van der Waals surface area (Å²) in [6.45, 7) is 2.11. The third-order valence-corrected chi connectivity index (χ3v) is 4.46. The van der Waals surface area contributed by atoms with Gasteiger partial charge in [-0.05, 0) is 24.6 Å². The van der Waals surface area contributed by atoms with Gasteiger partial charge in [-0.3, -0.25) is 0 Å². The zero-order valence-corrected chi connectivity index (χ0v) is 15.6. The lowest BCUT2D eigenvalue weighted by Crippen LogP contribution is -2.13. The van der Waals surface area contributed by atoms with Crippen LogP contribution in [0.4, 0.5) is 0 Å². The molecule has 1 heterocycles. The van der Waals surface area contributed by atoms with Crippen LogP contribution in [0.3, 0.4) is 0 Å². The van der Waals surface area contributed by atoms with Crippen LogP contribution < -0.4 is 0 Å². The van der Waals surface area contributed by atoms with Crippen LogP contribution in [0.5, 0.6) is 0 Å². The minimum absolute atomic E-state index is 0.299. The van der Waals surface area contributed by atoms with E-state index in [9.17, 15) is 4.79 Å². The second-order valence-electron chi connectivity index (χ2n) is 6.27. The predicted octanol–water partition coefficient (Wildman–Crippen LogP) is 5.38. The number of nitrogens with zero attached hydrogens (tertiary/aromatic N) is 2. The molecule has 4 heteroatoms. The summed E-state index contributed by atoms with van der Waals surface area (Å²) in [6, 6.07) is 29.4. The number of carbonyl (C=O) groups excluding carboxylic acids is 1. The number of carbonyl (C=O) groups is 1. The van der Waals surface area contributed by atoms with E-state index in [0.29, 0.717) is 12.3 Å². The van der Waals surface area contributed by atoms with Crippen LogP contribution in [0.2, 0.25) is 0 Å². The molecule has 4 aromatic rings. The maximum absolute atomic E-state index is 13.0. The van der Waals surface area contributed by atoms with Crippen molar-refractivity contribution in [3.8, 4) is 28.1 Å². The van der Waals surface area contributed by atoms with E-state index in [0.717, 1.165) is 28.1 Å². The summed E-state index contributed by atoms with van der Waals surface area (Å²) < 4.78 is 7.08. The van der Waals surface area contributed by atoms with Crippen LogP contribution in [-0.2, 0) is 4.74 Å². The van der Waals surface area contributed by atoms with E-state index < -0.39 is 0 Å².